The summed E-state index contributed by atoms with van der Waals surface area (Å²) in [5, 5.41) is 8.45. The Kier molecular flexibility index (Phi) is 4.86. The van der Waals surface area contributed by atoms with E-state index < -0.39 is 0 Å². The van der Waals surface area contributed by atoms with Crippen LogP contribution >= 0.6 is 22.9 Å². The second kappa shape index (κ2) is 7.14. The van der Waals surface area contributed by atoms with Crippen molar-refractivity contribution in [2.45, 2.75) is 39.7 Å². The number of anilines is 1. The van der Waals surface area contributed by atoms with Crippen molar-refractivity contribution in [1.29, 1.82) is 0 Å². The largest absolute Gasteiger partial charge is 0.367 e. The lowest BCUT2D eigenvalue weighted by molar-refractivity contribution is 0.478. The third-order valence-electron chi connectivity index (χ3n) is 5.18. The lowest BCUT2D eigenvalue weighted by Gasteiger charge is -2.24. The molecule has 0 atom stereocenters. The number of benzene rings is 1. The van der Waals surface area contributed by atoms with Crippen LogP contribution in [0.15, 0.2) is 18.2 Å². The molecule has 1 fully saturated rings. The Balaban J connectivity index is 1.86. The van der Waals surface area contributed by atoms with Gasteiger partial charge in [0.25, 0.3) is 0 Å². The van der Waals surface area contributed by atoms with Gasteiger partial charge in [0.1, 0.15) is 10.6 Å². The Labute approximate surface area is 163 Å². The summed E-state index contributed by atoms with van der Waals surface area (Å²) in [6.07, 6.45) is 2.18. The lowest BCUT2D eigenvalue weighted by atomic mass is 9.98. The fourth-order valence-corrected chi connectivity index (χ4v) is 4.86. The van der Waals surface area contributed by atoms with Gasteiger partial charge in [-0.2, -0.15) is 0 Å². The molecule has 2 N–H and O–H groups in total. The van der Waals surface area contributed by atoms with Crippen molar-refractivity contribution < 1.29 is 0 Å². The summed E-state index contributed by atoms with van der Waals surface area (Å²) in [6, 6.07) is 7.05. The number of nitrogens with zero attached hydrogens (tertiary/aromatic N) is 2. The normalized spacial score (nSPS) is 15.5. The predicted molar refractivity (Wildman–Crippen MR) is 112 cm³/mol. The van der Waals surface area contributed by atoms with Crippen LogP contribution in [0.2, 0.25) is 5.28 Å². The molecule has 0 spiro atoms. The van der Waals surface area contributed by atoms with Crippen LogP contribution in [0.5, 0.6) is 0 Å². The molecule has 2 aromatic heterocycles. The highest BCUT2D eigenvalue weighted by Gasteiger charge is 2.21. The zero-order valence-corrected chi connectivity index (χ0v) is 16.9. The smallest absolute Gasteiger partial charge is 0.225 e. The molecule has 6 heteroatoms. The van der Waals surface area contributed by atoms with Gasteiger partial charge in [-0.1, -0.05) is 18.2 Å². The first-order valence-electron chi connectivity index (χ1n) is 9.04. The molecule has 3 heterocycles. The third kappa shape index (κ3) is 3.31. The van der Waals surface area contributed by atoms with Crippen molar-refractivity contribution >= 4 is 39.0 Å². The lowest BCUT2D eigenvalue weighted by Crippen LogP contribution is -2.35. The van der Waals surface area contributed by atoms with E-state index in [1.165, 1.54) is 27.1 Å². The van der Waals surface area contributed by atoms with Crippen LogP contribution in [0.25, 0.3) is 21.3 Å². The molecule has 0 unspecified atom stereocenters. The van der Waals surface area contributed by atoms with E-state index in [0.717, 1.165) is 42.0 Å². The van der Waals surface area contributed by atoms with Crippen molar-refractivity contribution in [2.75, 3.05) is 18.4 Å². The number of halogens is 1. The van der Waals surface area contributed by atoms with Crippen LogP contribution in [-0.2, 0) is 0 Å². The highest BCUT2D eigenvalue weighted by atomic mass is 35.5. The fraction of sp³-hybridized carbons (Fsp3) is 0.400. The van der Waals surface area contributed by atoms with E-state index in [2.05, 4.69) is 59.6 Å². The molecule has 3 aromatic rings. The second-order valence-electron chi connectivity index (χ2n) is 7.02. The molecular weight excluding hydrogens is 364 g/mol. The van der Waals surface area contributed by atoms with Crippen LogP contribution in [0.4, 0.5) is 5.82 Å². The number of nitrogens with one attached hydrogen (secondary N) is 2. The average molecular weight is 387 g/mol. The molecule has 26 heavy (non-hydrogen) atoms. The molecule has 1 aromatic carbocycles. The Morgan fingerprint density at radius 1 is 1.12 bits per heavy atom. The zero-order chi connectivity index (χ0) is 18.3. The zero-order valence-electron chi connectivity index (χ0n) is 15.3. The minimum Gasteiger partial charge on any atom is -0.367 e. The number of thiophene rings is 1. The monoisotopic (exact) mass is 386 g/mol. The van der Waals surface area contributed by atoms with Gasteiger partial charge in [0.15, 0.2) is 0 Å². The summed E-state index contributed by atoms with van der Waals surface area (Å²) in [4.78, 5) is 11.3. The molecule has 4 rings (SSSR count). The molecule has 1 saturated heterocycles. The van der Waals surface area contributed by atoms with Crippen LogP contribution in [-0.4, -0.2) is 29.1 Å². The SMILES string of the molecule is Cc1ccc(-c2c(C)sc3nc(Cl)nc(NC4CCNCC4)c23)cc1C. The molecule has 136 valence electrons. The van der Waals surface area contributed by atoms with Gasteiger partial charge in [-0.3, -0.25) is 0 Å². The number of fused-ring (bicyclic) bond motifs is 1. The first-order valence-corrected chi connectivity index (χ1v) is 10.2. The van der Waals surface area contributed by atoms with Crippen LogP contribution in [0, 0.1) is 20.8 Å². The number of rotatable bonds is 3. The number of aryl methyl sites for hydroxylation is 3. The number of hydrogen-bond donors (Lipinski definition) is 2. The van der Waals surface area contributed by atoms with Gasteiger partial charge < -0.3 is 10.6 Å². The fourth-order valence-electron chi connectivity index (χ4n) is 3.59. The van der Waals surface area contributed by atoms with Gasteiger partial charge in [0.05, 0.1) is 5.39 Å². The second-order valence-corrected chi connectivity index (χ2v) is 8.56. The summed E-state index contributed by atoms with van der Waals surface area (Å²) in [5.74, 6) is 0.865. The van der Waals surface area contributed by atoms with Gasteiger partial charge in [-0.05, 0) is 75.0 Å². The number of piperidine rings is 1. The first kappa shape index (κ1) is 17.7. The van der Waals surface area contributed by atoms with E-state index >= 15 is 0 Å². The first-order chi connectivity index (χ1) is 12.5. The molecule has 0 saturated carbocycles. The summed E-state index contributed by atoms with van der Waals surface area (Å²) in [6.45, 7) is 8.52. The molecule has 1 aliphatic rings. The summed E-state index contributed by atoms with van der Waals surface area (Å²) in [5.41, 5.74) is 5.04. The van der Waals surface area contributed by atoms with E-state index in [0.29, 0.717) is 11.3 Å². The Morgan fingerprint density at radius 2 is 1.88 bits per heavy atom. The van der Waals surface area contributed by atoms with Crippen molar-refractivity contribution in [2.24, 2.45) is 0 Å². The van der Waals surface area contributed by atoms with Crippen molar-refractivity contribution in [3.05, 3.63) is 39.5 Å². The van der Waals surface area contributed by atoms with Crippen molar-refractivity contribution in [1.82, 2.24) is 15.3 Å². The molecule has 0 amide bonds. The Bertz CT molecular complexity index is 960. The summed E-state index contributed by atoms with van der Waals surface area (Å²) >= 11 is 7.91. The molecule has 0 bridgehead atoms. The van der Waals surface area contributed by atoms with Crippen molar-refractivity contribution in [3.63, 3.8) is 0 Å². The van der Waals surface area contributed by atoms with E-state index in [9.17, 15) is 0 Å². The van der Waals surface area contributed by atoms with Gasteiger partial charge in [-0.25, -0.2) is 9.97 Å². The summed E-state index contributed by atoms with van der Waals surface area (Å²) in [7, 11) is 0. The molecule has 0 radical (unpaired) electrons. The molecule has 0 aliphatic carbocycles. The van der Waals surface area contributed by atoms with E-state index in [-0.39, 0.29) is 0 Å². The Morgan fingerprint density at radius 3 is 2.62 bits per heavy atom. The van der Waals surface area contributed by atoms with Crippen molar-refractivity contribution in [3.8, 4) is 11.1 Å². The molecule has 4 nitrogen and oxygen atoms in total. The van der Waals surface area contributed by atoms with E-state index in [1.54, 1.807) is 11.3 Å². The van der Waals surface area contributed by atoms with Crippen LogP contribution in [0.1, 0.15) is 28.8 Å². The minimum atomic E-state index is 0.307. The van der Waals surface area contributed by atoms with Crippen LogP contribution < -0.4 is 10.6 Å². The van der Waals surface area contributed by atoms with E-state index in [1.807, 2.05) is 0 Å². The molecule has 1 aliphatic heterocycles. The molecular formula is C20H23ClN4S. The quantitative estimate of drug-likeness (QED) is 0.615. The minimum absolute atomic E-state index is 0.307. The predicted octanol–water partition coefficient (Wildman–Crippen LogP) is 5.10. The standard InChI is InChI=1S/C20H23ClN4S/c1-11-4-5-14(10-12(11)2)16-13(3)26-19-17(16)18(24-20(21)25-19)23-15-6-8-22-9-7-15/h4-5,10,15,22H,6-9H2,1-3H3,(H,23,24,25). The maximum Gasteiger partial charge on any atom is 0.225 e. The maximum absolute atomic E-state index is 6.23. The third-order valence-corrected chi connectivity index (χ3v) is 6.34. The van der Waals surface area contributed by atoms with Gasteiger partial charge >= 0.3 is 0 Å². The highest BCUT2D eigenvalue weighted by molar-refractivity contribution is 7.19. The van der Waals surface area contributed by atoms with Gasteiger partial charge in [-0.15, -0.1) is 11.3 Å². The summed E-state index contributed by atoms with van der Waals surface area (Å²) < 4.78 is 0. The van der Waals surface area contributed by atoms with Gasteiger partial charge in [0, 0.05) is 16.5 Å². The van der Waals surface area contributed by atoms with Crippen LogP contribution in [0.3, 0.4) is 0 Å². The Hall–Kier alpha value is -1.69. The maximum atomic E-state index is 6.23. The number of hydrogen-bond acceptors (Lipinski definition) is 5. The van der Waals surface area contributed by atoms with Gasteiger partial charge in [0.2, 0.25) is 5.28 Å². The topological polar surface area (TPSA) is 49.8 Å². The van der Waals surface area contributed by atoms with E-state index in [4.69, 9.17) is 11.6 Å². The highest BCUT2D eigenvalue weighted by Crippen LogP contribution is 2.41. The average Bonchev–Trinajstić information content (AvgIpc) is 2.94. The number of aromatic nitrogens is 2.